The van der Waals surface area contributed by atoms with Gasteiger partial charge in [0.1, 0.15) is 5.75 Å². The summed E-state index contributed by atoms with van der Waals surface area (Å²) in [7, 11) is 1.57. The summed E-state index contributed by atoms with van der Waals surface area (Å²) < 4.78 is 10.3. The minimum atomic E-state index is -1.01. The molecule has 0 aromatic heterocycles. The van der Waals surface area contributed by atoms with E-state index in [-0.39, 0.29) is 5.91 Å². The van der Waals surface area contributed by atoms with Crippen LogP contribution in [-0.2, 0) is 14.3 Å². The highest BCUT2D eigenvalue weighted by atomic mass is 16.5. The van der Waals surface area contributed by atoms with Gasteiger partial charge in [-0.1, -0.05) is 18.7 Å². The first-order valence-corrected chi connectivity index (χ1v) is 6.41. The second-order valence-electron chi connectivity index (χ2n) is 5.05. The molecule has 5 heteroatoms. The molecule has 2 aliphatic rings. The Morgan fingerprint density at radius 2 is 2.25 bits per heavy atom. The van der Waals surface area contributed by atoms with Crippen molar-refractivity contribution in [2.75, 3.05) is 13.7 Å². The molecule has 2 aliphatic heterocycles. The fourth-order valence-corrected chi connectivity index (χ4v) is 3.00. The summed E-state index contributed by atoms with van der Waals surface area (Å²) in [5.74, 6) is -0.426. The van der Waals surface area contributed by atoms with Crippen molar-refractivity contribution in [2.45, 2.75) is 17.9 Å². The van der Waals surface area contributed by atoms with Gasteiger partial charge in [0.2, 0.25) is 5.91 Å². The molecule has 1 aromatic carbocycles. The molecule has 0 bridgehead atoms. The molecule has 0 unspecified atom stereocenters. The molecular formula is C15H15NO4. The summed E-state index contributed by atoms with van der Waals surface area (Å²) in [4.78, 5) is 24.1. The molecule has 1 N–H and O–H groups in total. The van der Waals surface area contributed by atoms with Crippen molar-refractivity contribution in [2.24, 2.45) is 0 Å². The molecule has 2 fully saturated rings. The Morgan fingerprint density at radius 1 is 1.45 bits per heavy atom. The summed E-state index contributed by atoms with van der Waals surface area (Å²) >= 11 is 0. The van der Waals surface area contributed by atoms with Crippen molar-refractivity contribution in [3.05, 3.63) is 42.0 Å². The maximum absolute atomic E-state index is 12.1. The molecule has 104 valence electrons. The van der Waals surface area contributed by atoms with E-state index in [0.29, 0.717) is 24.4 Å². The highest BCUT2D eigenvalue weighted by Gasteiger charge is 2.58. The average molecular weight is 273 g/mol. The molecule has 0 radical (unpaired) electrons. The molecular weight excluding hydrogens is 258 g/mol. The first kappa shape index (κ1) is 12.7. The smallest absolute Gasteiger partial charge is 0.333 e. The lowest BCUT2D eigenvalue weighted by Crippen LogP contribution is -2.49. The van der Waals surface area contributed by atoms with E-state index in [4.69, 9.17) is 9.47 Å². The molecule has 3 rings (SSSR count). The van der Waals surface area contributed by atoms with Crippen LogP contribution < -0.4 is 10.1 Å². The van der Waals surface area contributed by atoms with Gasteiger partial charge in [-0.25, -0.2) is 4.79 Å². The van der Waals surface area contributed by atoms with Crippen LogP contribution >= 0.6 is 0 Å². The normalized spacial score (nSPS) is 28.6. The Bertz CT molecular complexity index is 610. The lowest BCUT2D eigenvalue weighted by molar-refractivity contribution is -0.144. The predicted molar refractivity (Wildman–Crippen MR) is 71.3 cm³/mol. The third-order valence-electron chi connectivity index (χ3n) is 3.99. The number of amides is 1. The van der Waals surface area contributed by atoms with E-state index in [1.165, 1.54) is 0 Å². The monoisotopic (exact) mass is 273 g/mol. The van der Waals surface area contributed by atoms with Gasteiger partial charge in [0.05, 0.1) is 13.7 Å². The van der Waals surface area contributed by atoms with E-state index < -0.39 is 17.4 Å². The largest absolute Gasteiger partial charge is 0.497 e. The van der Waals surface area contributed by atoms with E-state index in [9.17, 15) is 9.59 Å². The first-order valence-electron chi connectivity index (χ1n) is 6.41. The topological polar surface area (TPSA) is 64.6 Å². The summed E-state index contributed by atoms with van der Waals surface area (Å²) in [6.07, 6.45) is 0.457. The van der Waals surface area contributed by atoms with Crippen molar-refractivity contribution in [1.29, 1.82) is 0 Å². The van der Waals surface area contributed by atoms with E-state index in [0.717, 1.165) is 5.56 Å². The Morgan fingerprint density at radius 3 is 2.90 bits per heavy atom. The average Bonchev–Trinajstić information content (AvgIpc) is 2.92. The van der Waals surface area contributed by atoms with Crippen molar-refractivity contribution < 1.29 is 19.1 Å². The zero-order chi connectivity index (χ0) is 14.3. The van der Waals surface area contributed by atoms with Crippen molar-refractivity contribution >= 4 is 11.9 Å². The lowest BCUT2D eigenvalue weighted by atomic mass is 9.77. The van der Waals surface area contributed by atoms with Gasteiger partial charge < -0.3 is 14.8 Å². The number of carbonyl (C=O) groups excluding carboxylic acids is 2. The fraction of sp³-hybridized carbons (Fsp3) is 0.333. The number of hydrogen-bond donors (Lipinski definition) is 1. The number of nitrogens with one attached hydrogen (secondary N) is 1. The van der Waals surface area contributed by atoms with Crippen LogP contribution in [0.4, 0.5) is 0 Å². The number of cyclic esters (lactones) is 1. The summed E-state index contributed by atoms with van der Waals surface area (Å²) in [5, 5.41) is 2.76. The van der Waals surface area contributed by atoms with Crippen molar-refractivity contribution in [3.8, 4) is 5.75 Å². The van der Waals surface area contributed by atoms with Gasteiger partial charge in [-0.05, 0) is 17.7 Å². The van der Waals surface area contributed by atoms with Crippen LogP contribution in [0.2, 0.25) is 0 Å². The van der Waals surface area contributed by atoms with Gasteiger partial charge in [-0.2, -0.15) is 0 Å². The minimum absolute atomic E-state index is 0.295. The number of methoxy groups -OCH3 is 1. The molecule has 2 saturated heterocycles. The van der Waals surface area contributed by atoms with Gasteiger partial charge >= 0.3 is 5.97 Å². The van der Waals surface area contributed by atoms with Gasteiger partial charge in [0, 0.05) is 17.9 Å². The van der Waals surface area contributed by atoms with E-state index in [1.54, 1.807) is 7.11 Å². The quantitative estimate of drug-likeness (QED) is 0.648. The molecule has 1 aromatic rings. The highest BCUT2D eigenvalue weighted by molar-refractivity contribution is 6.05. The van der Waals surface area contributed by atoms with Gasteiger partial charge in [-0.3, -0.25) is 4.79 Å². The number of esters is 1. The summed E-state index contributed by atoms with van der Waals surface area (Å²) in [5.41, 5.74) is 0.198. The zero-order valence-electron chi connectivity index (χ0n) is 11.1. The molecule has 5 nitrogen and oxygen atoms in total. The highest BCUT2D eigenvalue weighted by Crippen LogP contribution is 2.45. The van der Waals surface area contributed by atoms with Gasteiger partial charge in [0.15, 0.2) is 5.54 Å². The van der Waals surface area contributed by atoms with Crippen LogP contribution in [0.5, 0.6) is 5.75 Å². The zero-order valence-corrected chi connectivity index (χ0v) is 11.1. The van der Waals surface area contributed by atoms with Crippen molar-refractivity contribution in [1.82, 2.24) is 5.32 Å². The Kier molecular flexibility index (Phi) is 2.78. The molecule has 0 aliphatic carbocycles. The van der Waals surface area contributed by atoms with E-state index in [1.807, 2.05) is 24.3 Å². The minimum Gasteiger partial charge on any atom is -0.497 e. The number of hydrogen-bond acceptors (Lipinski definition) is 4. The van der Waals surface area contributed by atoms with Crippen molar-refractivity contribution in [3.63, 3.8) is 0 Å². The number of rotatable bonds is 2. The molecule has 1 amide bonds. The Balaban J connectivity index is 2.10. The second-order valence-corrected chi connectivity index (χ2v) is 5.05. The summed E-state index contributed by atoms with van der Waals surface area (Å²) in [6.45, 7) is 4.15. The van der Waals surface area contributed by atoms with Gasteiger partial charge in [-0.15, -0.1) is 0 Å². The van der Waals surface area contributed by atoms with Crippen LogP contribution in [0, 0.1) is 0 Å². The second kappa shape index (κ2) is 4.37. The molecule has 2 atom stereocenters. The standard InChI is InChI=1S/C15H15NO4/c1-9-12(10-4-3-5-11(8-10)19-2)15(16-13(9)17)6-7-20-14(15)18/h3-5,8,12H,1,6-7H2,2H3,(H,16,17)/t12-,15-/m0/s1. The third-order valence-corrected chi connectivity index (χ3v) is 3.99. The number of benzene rings is 1. The van der Waals surface area contributed by atoms with E-state index >= 15 is 0 Å². The molecule has 2 heterocycles. The van der Waals surface area contributed by atoms with Crippen LogP contribution in [0.3, 0.4) is 0 Å². The van der Waals surface area contributed by atoms with E-state index in [2.05, 4.69) is 11.9 Å². The third kappa shape index (κ3) is 1.62. The SMILES string of the molecule is C=C1C(=O)N[C@@]2(CCOC2=O)[C@@H]1c1cccc(OC)c1. The Labute approximate surface area is 116 Å². The van der Waals surface area contributed by atoms with Crippen LogP contribution in [0.1, 0.15) is 17.9 Å². The predicted octanol–water partition coefficient (Wildman–Crippen LogP) is 1.15. The lowest BCUT2D eigenvalue weighted by Gasteiger charge is -2.26. The molecule has 1 spiro atoms. The molecule has 0 saturated carbocycles. The van der Waals surface area contributed by atoms with Crippen LogP contribution in [0.15, 0.2) is 36.4 Å². The van der Waals surface area contributed by atoms with Gasteiger partial charge in [0.25, 0.3) is 0 Å². The Hall–Kier alpha value is -2.30. The fourth-order valence-electron chi connectivity index (χ4n) is 3.00. The summed E-state index contributed by atoms with van der Waals surface area (Å²) in [6, 6.07) is 7.34. The maximum Gasteiger partial charge on any atom is 0.333 e. The first-order chi connectivity index (χ1) is 9.58. The maximum atomic E-state index is 12.1. The van der Waals surface area contributed by atoms with Crippen LogP contribution in [0.25, 0.3) is 0 Å². The number of ether oxygens (including phenoxy) is 2. The van der Waals surface area contributed by atoms with Crippen LogP contribution in [-0.4, -0.2) is 31.1 Å². The molecule has 20 heavy (non-hydrogen) atoms. The number of carbonyl (C=O) groups is 2.